The van der Waals surface area contributed by atoms with Crippen LogP contribution in [-0.4, -0.2) is 47.8 Å². The molecule has 2 fully saturated rings. The van der Waals surface area contributed by atoms with Crippen molar-refractivity contribution in [3.8, 4) is 5.75 Å². The van der Waals surface area contributed by atoms with E-state index >= 15 is 0 Å². The maximum absolute atomic E-state index is 12.1. The van der Waals surface area contributed by atoms with Gasteiger partial charge in [-0.25, -0.2) is 0 Å². The van der Waals surface area contributed by atoms with E-state index in [-0.39, 0.29) is 12.3 Å². The molecule has 138 valence electrons. The van der Waals surface area contributed by atoms with Gasteiger partial charge in [0.05, 0.1) is 6.54 Å². The number of hydrogen-bond acceptors (Lipinski definition) is 4. The lowest BCUT2D eigenvalue weighted by atomic mass is 9.85. The zero-order valence-corrected chi connectivity index (χ0v) is 14.0. The molecule has 0 aliphatic heterocycles. The Morgan fingerprint density at radius 3 is 2.52 bits per heavy atom. The lowest BCUT2D eigenvalue weighted by molar-refractivity contribution is -0.139. The maximum atomic E-state index is 12.1. The number of carbonyl (C=O) groups is 1. The molecule has 2 saturated carbocycles. The molecule has 2 aliphatic rings. The van der Waals surface area contributed by atoms with Crippen LogP contribution in [0.2, 0.25) is 0 Å². The van der Waals surface area contributed by atoms with Crippen LogP contribution in [-0.2, 0) is 11.3 Å². The minimum Gasteiger partial charge on any atom is -0.480 e. The monoisotopic (exact) mass is 354 g/mol. The van der Waals surface area contributed by atoms with Gasteiger partial charge in [0.25, 0.3) is 0 Å². The van der Waals surface area contributed by atoms with Crippen molar-refractivity contribution in [1.29, 1.82) is 0 Å². The third kappa shape index (κ3) is 5.64. The highest BCUT2D eigenvalue weighted by atomic mass is 19.3. The molecule has 0 unspecified atom stereocenters. The second-order valence-electron chi connectivity index (χ2n) is 6.99. The molecule has 2 N–H and O–H groups in total. The van der Waals surface area contributed by atoms with Gasteiger partial charge in [0.1, 0.15) is 5.75 Å². The molecule has 5 nitrogen and oxygen atoms in total. The molecule has 25 heavy (non-hydrogen) atoms. The Kier molecular flexibility index (Phi) is 5.86. The first kappa shape index (κ1) is 18.1. The van der Waals surface area contributed by atoms with Gasteiger partial charge in [0, 0.05) is 25.2 Å². The van der Waals surface area contributed by atoms with E-state index < -0.39 is 12.6 Å². The molecule has 1 aromatic carbocycles. The topological polar surface area (TPSA) is 61.8 Å². The molecule has 0 amide bonds. The van der Waals surface area contributed by atoms with Crippen LogP contribution < -0.4 is 10.1 Å². The number of aliphatic carboxylic acids is 1. The Hall–Kier alpha value is -1.73. The summed E-state index contributed by atoms with van der Waals surface area (Å²) >= 11 is 0. The minimum atomic E-state index is -2.81. The summed E-state index contributed by atoms with van der Waals surface area (Å²) in [6.45, 7) is -1.12. The Morgan fingerprint density at radius 1 is 1.28 bits per heavy atom. The van der Waals surface area contributed by atoms with Crippen LogP contribution in [0.3, 0.4) is 0 Å². The van der Waals surface area contributed by atoms with E-state index in [0.717, 1.165) is 24.9 Å². The van der Waals surface area contributed by atoms with E-state index in [1.807, 2.05) is 0 Å². The fourth-order valence-electron chi connectivity index (χ4n) is 3.25. The maximum Gasteiger partial charge on any atom is 0.387 e. The van der Waals surface area contributed by atoms with E-state index in [1.165, 1.54) is 25.0 Å². The van der Waals surface area contributed by atoms with Crippen molar-refractivity contribution in [2.45, 2.75) is 50.9 Å². The van der Waals surface area contributed by atoms with E-state index in [1.54, 1.807) is 12.1 Å². The van der Waals surface area contributed by atoms with Crippen molar-refractivity contribution in [3.63, 3.8) is 0 Å². The quantitative estimate of drug-likeness (QED) is 0.676. The number of nitrogens with one attached hydrogen (secondary N) is 1. The molecule has 3 rings (SSSR count). The summed E-state index contributed by atoms with van der Waals surface area (Å²) in [5, 5.41) is 12.5. The van der Waals surface area contributed by atoms with Crippen molar-refractivity contribution in [3.05, 3.63) is 29.8 Å². The Morgan fingerprint density at radius 2 is 1.96 bits per heavy atom. The third-order valence-corrected chi connectivity index (χ3v) is 4.90. The summed E-state index contributed by atoms with van der Waals surface area (Å²) < 4.78 is 28.6. The van der Waals surface area contributed by atoms with Crippen LogP contribution in [0.5, 0.6) is 5.75 Å². The van der Waals surface area contributed by atoms with Crippen LogP contribution >= 0.6 is 0 Å². The van der Waals surface area contributed by atoms with Gasteiger partial charge in [-0.3, -0.25) is 9.69 Å². The van der Waals surface area contributed by atoms with Gasteiger partial charge < -0.3 is 15.2 Å². The van der Waals surface area contributed by atoms with Gasteiger partial charge in [0.2, 0.25) is 0 Å². The highest BCUT2D eigenvalue weighted by Crippen LogP contribution is 2.33. The molecule has 0 heterocycles. The smallest absolute Gasteiger partial charge is 0.387 e. The molecule has 0 spiro atoms. The van der Waals surface area contributed by atoms with Crippen LogP contribution in [0.25, 0.3) is 0 Å². The second kappa shape index (κ2) is 8.10. The fourth-order valence-corrected chi connectivity index (χ4v) is 3.25. The van der Waals surface area contributed by atoms with E-state index in [9.17, 15) is 13.6 Å². The number of rotatable bonds is 10. The third-order valence-electron chi connectivity index (χ3n) is 4.90. The van der Waals surface area contributed by atoms with Gasteiger partial charge >= 0.3 is 12.6 Å². The number of benzene rings is 1. The lowest BCUT2D eigenvalue weighted by Gasteiger charge is -2.43. The van der Waals surface area contributed by atoms with Gasteiger partial charge in [-0.05, 0) is 49.3 Å². The summed E-state index contributed by atoms with van der Waals surface area (Å²) in [6, 6.07) is 7.33. The van der Waals surface area contributed by atoms with Crippen molar-refractivity contribution in [2.24, 2.45) is 5.92 Å². The number of ether oxygens (including phenoxy) is 1. The second-order valence-corrected chi connectivity index (χ2v) is 6.99. The number of nitrogens with zero attached hydrogens (tertiary/aromatic N) is 1. The molecule has 0 radical (unpaired) electrons. The summed E-state index contributed by atoms with van der Waals surface area (Å²) in [6.07, 6.45) is 4.34. The number of hydrogen-bond donors (Lipinski definition) is 2. The molecule has 0 aromatic heterocycles. The van der Waals surface area contributed by atoms with Crippen LogP contribution in [0.1, 0.15) is 31.2 Å². The SMILES string of the molecule is O=C(O)CN(CC1CC1)C1CC(NCc2ccc(OC(F)F)cc2)C1. The van der Waals surface area contributed by atoms with Crippen molar-refractivity contribution in [2.75, 3.05) is 13.1 Å². The molecule has 0 saturated heterocycles. The van der Waals surface area contributed by atoms with Crippen LogP contribution in [0, 0.1) is 5.92 Å². The predicted octanol–water partition coefficient (Wildman–Crippen LogP) is 2.71. The molecule has 0 bridgehead atoms. The van der Waals surface area contributed by atoms with Crippen LogP contribution in [0.15, 0.2) is 24.3 Å². The fraction of sp³-hybridized carbons (Fsp3) is 0.611. The van der Waals surface area contributed by atoms with Crippen molar-refractivity contribution in [1.82, 2.24) is 10.2 Å². The van der Waals surface area contributed by atoms with E-state index in [4.69, 9.17) is 5.11 Å². The molecule has 1 aromatic rings. The van der Waals surface area contributed by atoms with Crippen molar-refractivity contribution >= 4 is 5.97 Å². The Bertz CT molecular complexity index is 572. The molecule has 0 atom stereocenters. The van der Waals surface area contributed by atoms with E-state index in [2.05, 4.69) is 15.0 Å². The number of halogens is 2. The average molecular weight is 354 g/mol. The molecule has 7 heteroatoms. The van der Waals surface area contributed by atoms with Crippen molar-refractivity contribution < 1.29 is 23.4 Å². The summed E-state index contributed by atoms with van der Waals surface area (Å²) in [5.41, 5.74) is 1.01. The Balaban J connectivity index is 1.39. The normalized spacial score (nSPS) is 22.9. The van der Waals surface area contributed by atoms with Crippen LogP contribution in [0.4, 0.5) is 8.78 Å². The summed E-state index contributed by atoms with van der Waals surface area (Å²) in [4.78, 5) is 13.1. The first-order chi connectivity index (χ1) is 12.0. The first-order valence-corrected chi connectivity index (χ1v) is 8.72. The lowest BCUT2D eigenvalue weighted by Crippen LogP contribution is -2.54. The zero-order chi connectivity index (χ0) is 17.8. The minimum absolute atomic E-state index is 0.124. The Labute approximate surface area is 146 Å². The number of carboxylic acid groups (broad SMARTS) is 1. The predicted molar refractivity (Wildman–Crippen MR) is 88.7 cm³/mol. The standard InChI is InChI=1S/C18H24F2N2O3/c19-18(20)25-16-5-3-12(4-6-16)9-21-14-7-15(8-14)22(11-17(23)24)10-13-1-2-13/h3-6,13-15,18,21H,1-2,7-11H2,(H,23,24). The van der Waals surface area contributed by atoms with Gasteiger partial charge in [0.15, 0.2) is 0 Å². The van der Waals surface area contributed by atoms with E-state index in [0.29, 0.717) is 24.5 Å². The van der Waals surface area contributed by atoms with Gasteiger partial charge in [-0.1, -0.05) is 12.1 Å². The average Bonchev–Trinajstić information content (AvgIpc) is 3.30. The largest absolute Gasteiger partial charge is 0.480 e. The summed E-state index contributed by atoms with van der Waals surface area (Å²) in [7, 11) is 0. The van der Waals surface area contributed by atoms with Gasteiger partial charge in [-0.15, -0.1) is 0 Å². The highest BCUT2D eigenvalue weighted by Gasteiger charge is 2.36. The first-order valence-electron chi connectivity index (χ1n) is 8.72. The number of alkyl halides is 2. The molecular weight excluding hydrogens is 330 g/mol. The molecule has 2 aliphatic carbocycles. The highest BCUT2D eigenvalue weighted by molar-refractivity contribution is 5.69. The molecular formula is C18H24F2N2O3. The summed E-state index contributed by atoms with van der Waals surface area (Å²) in [5.74, 6) is 0.0790. The van der Waals surface area contributed by atoms with Gasteiger partial charge in [-0.2, -0.15) is 8.78 Å². The zero-order valence-electron chi connectivity index (χ0n) is 14.0. The number of carboxylic acids is 1.